The molecule has 2 saturated heterocycles. The largest absolute Gasteiger partial charge is 0.498 e. The molecule has 0 amide bonds. The molecule has 2 bridgehead atoms. The molecule has 9 heteroatoms. The Morgan fingerprint density at radius 3 is 2.50 bits per heavy atom. The van der Waals surface area contributed by atoms with E-state index in [1.54, 1.807) is 50.3 Å². The molecule has 2 fully saturated rings. The number of hydrogen-bond acceptors (Lipinski definition) is 7. The van der Waals surface area contributed by atoms with Crippen LogP contribution in [0.1, 0.15) is 36.1 Å². The fourth-order valence-corrected chi connectivity index (χ4v) is 4.25. The molecule has 9 nitrogen and oxygen atoms in total. The van der Waals surface area contributed by atoms with Gasteiger partial charge >= 0.3 is 5.69 Å². The van der Waals surface area contributed by atoms with Gasteiger partial charge < -0.3 is 18.9 Å². The fourth-order valence-electron chi connectivity index (χ4n) is 4.25. The standard InChI is InChI=1S/C21H20N2O7/c1-21(2)29-16-15-13(27-3)9-12-10-14(24)23(18(25)11-7-5-4-6-8-11)20(26)22(12)19(28-15)17(16)30-21/h4-10,15-17,19H,1-3H3/t15-,16-,17-,19-/m1/s1. The molecule has 0 radical (unpaired) electrons. The third kappa shape index (κ3) is 2.70. The Morgan fingerprint density at radius 1 is 1.10 bits per heavy atom. The van der Waals surface area contributed by atoms with Crippen molar-refractivity contribution in [2.75, 3.05) is 7.11 Å². The van der Waals surface area contributed by atoms with Gasteiger partial charge in [-0.15, -0.1) is 0 Å². The lowest BCUT2D eigenvalue weighted by molar-refractivity contribution is -0.195. The Bertz CT molecular complexity index is 1180. The van der Waals surface area contributed by atoms with Crippen LogP contribution >= 0.6 is 0 Å². The molecule has 4 heterocycles. The maximum absolute atomic E-state index is 13.4. The lowest BCUT2D eigenvalue weighted by Gasteiger charge is -2.24. The Kier molecular flexibility index (Phi) is 4.11. The van der Waals surface area contributed by atoms with E-state index >= 15 is 0 Å². The zero-order valence-electron chi connectivity index (χ0n) is 16.6. The Labute approximate surface area is 171 Å². The number of aromatic nitrogens is 2. The summed E-state index contributed by atoms with van der Waals surface area (Å²) in [5.41, 5.74) is -1.04. The van der Waals surface area contributed by atoms with Gasteiger partial charge in [0.25, 0.3) is 11.5 Å². The molecule has 1 aromatic heterocycles. The molecule has 30 heavy (non-hydrogen) atoms. The number of fused-ring (bicyclic) bond motifs is 7. The summed E-state index contributed by atoms with van der Waals surface area (Å²) in [5.74, 6) is -1.18. The Morgan fingerprint density at radius 2 is 1.80 bits per heavy atom. The van der Waals surface area contributed by atoms with Crippen LogP contribution in [0.2, 0.25) is 0 Å². The van der Waals surface area contributed by atoms with Crippen LogP contribution in [0.3, 0.4) is 0 Å². The maximum Gasteiger partial charge on any atom is 0.340 e. The summed E-state index contributed by atoms with van der Waals surface area (Å²) >= 11 is 0. The van der Waals surface area contributed by atoms with Gasteiger partial charge in [0.15, 0.2) is 12.0 Å². The SMILES string of the molecule is COC1=Cc2cc(=O)n(C(=O)c3ccccc3)c(=O)n2[C@@H]2O[C@H]1[C@H]1OC(C)(C)O[C@H]12. The van der Waals surface area contributed by atoms with Crippen molar-refractivity contribution in [1.82, 2.24) is 9.13 Å². The van der Waals surface area contributed by atoms with Crippen LogP contribution in [0, 0.1) is 0 Å². The predicted molar refractivity (Wildman–Crippen MR) is 104 cm³/mol. The number of hydrogen-bond donors (Lipinski definition) is 0. The van der Waals surface area contributed by atoms with Crippen molar-refractivity contribution >= 4 is 12.0 Å². The van der Waals surface area contributed by atoms with Gasteiger partial charge in [0.2, 0.25) is 0 Å². The van der Waals surface area contributed by atoms with Crippen LogP contribution in [0.5, 0.6) is 0 Å². The first-order valence-electron chi connectivity index (χ1n) is 9.56. The number of benzene rings is 1. The Balaban J connectivity index is 1.71. The molecule has 156 valence electrons. The number of ether oxygens (including phenoxy) is 4. The highest BCUT2D eigenvalue weighted by molar-refractivity contribution is 5.95. The van der Waals surface area contributed by atoms with Crippen molar-refractivity contribution in [3.8, 4) is 0 Å². The van der Waals surface area contributed by atoms with Gasteiger partial charge in [-0.25, -0.2) is 4.79 Å². The number of carbonyl (C=O) groups is 1. The van der Waals surface area contributed by atoms with E-state index in [9.17, 15) is 14.4 Å². The first-order valence-corrected chi connectivity index (χ1v) is 9.56. The van der Waals surface area contributed by atoms with Gasteiger partial charge in [-0.2, -0.15) is 4.57 Å². The van der Waals surface area contributed by atoms with Crippen molar-refractivity contribution in [2.45, 2.75) is 44.2 Å². The average Bonchev–Trinajstić information content (AvgIpc) is 3.12. The third-order valence-corrected chi connectivity index (χ3v) is 5.48. The normalized spacial score (nSPS) is 28.3. The van der Waals surface area contributed by atoms with Gasteiger partial charge in [0.05, 0.1) is 12.8 Å². The lowest BCUT2D eigenvalue weighted by atomic mass is 10.1. The molecule has 1 aromatic carbocycles. The second kappa shape index (κ2) is 6.49. The zero-order chi connectivity index (χ0) is 21.2. The summed E-state index contributed by atoms with van der Waals surface area (Å²) in [5, 5.41) is 0. The van der Waals surface area contributed by atoms with Crippen LogP contribution < -0.4 is 11.2 Å². The fraction of sp³-hybridized carbons (Fsp3) is 0.381. The minimum absolute atomic E-state index is 0.226. The summed E-state index contributed by atoms with van der Waals surface area (Å²) in [6.45, 7) is 3.55. The molecule has 3 aliphatic heterocycles. The molecule has 5 rings (SSSR count). The van der Waals surface area contributed by atoms with E-state index in [1.165, 1.54) is 17.7 Å². The summed E-state index contributed by atoms with van der Waals surface area (Å²) in [7, 11) is 1.48. The number of nitrogens with zero attached hydrogens (tertiary/aromatic N) is 2. The average molecular weight is 412 g/mol. The van der Waals surface area contributed by atoms with Crippen LogP contribution in [-0.2, 0) is 18.9 Å². The number of carbonyl (C=O) groups excluding carboxylic acids is 1. The number of methoxy groups -OCH3 is 1. The first kappa shape index (κ1) is 19.0. The van der Waals surface area contributed by atoms with Crippen molar-refractivity contribution in [3.05, 3.63) is 74.3 Å². The quantitative estimate of drug-likeness (QED) is 0.729. The van der Waals surface area contributed by atoms with Crippen molar-refractivity contribution in [1.29, 1.82) is 0 Å². The van der Waals surface area contributed by atoms with Crippen LogP contribution in [-0.4, -0.2) is 46.3 Å². The first-order chi connectivity index (χ1) is 14.3. The van der Waals surface area contributed by atoms with Crippen molar-refractivity contribution in [2.24, 2.45) is 0 Å². The molecule has 0 spiro atoms. The minimum atomic E-state index is -0.886. The monoisotopic (exact) mass is 412 g/mol. The van der Waals surface area contributed by atoms with Crippen molar-refractivity contribution < 1.29 is 23.7 Å². The van der Waals surface area contributed by atoms with Gasteiger partial charge in [-0.1, -0.05) is 18.2 Å². The Hall–Kier alpha value is -3.01. The molecule has 3 aliphatic rings. The van der Waals surface area contributed by atoms with Gasteiger partial charge in [0, 0.05) is 17.7 Å². The van der Waals surface area contributed by atoms with Crippen LogP contribution in [0.25, 0.3) is 6.08 Å². The molecule has 2 aromatic rings. The van der Waals surface area contributed by atoms with E-state index in [0.717, 1.165) is 0 Å². The summed E-state index contributed by atoms with van der Waals surface area (Å²) in [6.07, 6.45) is -1.04. The van der Waals surface area contributed by atoms with Crippen LogP contribution in [0.4, 0.5) is 0 Å². The number of rotatable bonds is 2. The molecule has 0 N–H and O–H groups in total. The topological polar surface area (TPSA) is 98.0 Å². The van der Waals surface area contributed by atoms with Gasteiger partial charge in [0.1, 0.15) is 24.1 Å². The molecule has 0 saturated carbocycles. The smallest absolute Gasteiger partial charge is 0.340 e. The van der Waals surface area contributed by atoms with E-state index in [4.69, 9.17) is 18.9 Å². The molecular weight excluding hydrogens is 392 g/mol. The minimum Gasteiger partial charge on any atom is -0.498 e. The maximum atomic E-state index is 13.4. The molecular formula is C21H20N2O7. The van der Waals surface area contributed by atoms with Gasteiger partial charge in [-0.3, -0.25) is 14.2 Å². The van der Waals surface area contributed by atoms with E-state index < -0.39 is 47.5 Å². The van der Waals surface area contributed by atoms with E-state index in [-0.39, 0.29) is 11.3 Å². The summed E-state index contributed by atoms with van der Waals surface area (Å²) in [6, 6.07) is 9.37. The molecule has 4 atom stereocenters. The lowest BCUT2D eigenvalue weighted by Crippen LogP contribution is -2.47. The highest BCUT2D eigenvalue weighted by Crippen LogP contribution is 2.46. The second-order valence-corrected chi connectivity index (χ2v) is 7.83. The predicted octanol–water partition coefficient (Wildman–Crippen LogP) is 1.12. The van der Waals surface area contributed by atoms with E-state index in [1.807, 2.05) is 0 Å². The molecule has 0 unspecified atom stereocenters. The van der Waals surface area contributed by atoms with Crippen molar-refractivity contribution in [3.63, 3.8) is 0 Å². The zero-order valence-corrected chi connectivity index (χ0v) is 16.6. The molecule has 0 aliphatic carbocycles. The van der Waals surface area contributed by atoms with E-state index in [2.05, 4.69) is 0 Å². The summed E-state index contributed by atoms with van der Waals surface area (Å²) in [4.78, 5) is 39.1. The van der Waals surface area contributed by atoms with E-state index in [0.29, 0.717) is 10.3 Å². The third-order valence-electron chi connectivity index (χ3n) is 5.48. The van der Waals surface area contributed by atoms with Crippen LogP contribution in [0.15, 0.2) is 51.7 Å². The second-order valence-electron chi connectivity index (χ2n) is 7.83. The van der Waals surface area contributed by atoms with Gasteiger partial charge in [-0.05, 0) is 26.0 Å². The highest BCUT2D eigenvalue weighted by atomic mass is 16.8. The summed E-state index contributed by atoms with van der Waals surface area (Å²) < 4.78 is 25.4. The highest BCUT2D eigenvalue weighted by Gasteiger charge is 2.58.